The Bertz CT molecular complexity index is 201. The highest BCUT2D eigenvalue weighted by Gasteiger charge is 2.20. The van der Waals surface area contributed by atoms with Crippen LogP contribution >= 0.6 is 0 Å². The summed E-state index contributed by atoms with van der Waals surface area (Å²) in [6, 6.07) is 0. The van der Waals surface area contributed by atoms with Crippen molar-refractivity contribution in [2.24, 2.45) is 11.1 Å². The van der Waals surface area contributed by atoms with Crippen LogP contribution in [0.5, 0.6) is 0 Å². The molecule has 1 atom stereocenters. The molecular formula is C13H25N. The minimum Gasteiger partial charge on any atom is -0.322 e. The van der Waals surface area contributed by atoms with Crippen LogP contribution in [-0.2, 0) is 0 Å². The quantitative estimate of drug-likeness (QED) is 0.587. The van der Waals surface area contributed by atoms with Gasteiger partial charge in [-0.05, 0) is 38.0 Å². The van der Waals surface area contributed by atoms with Gasteiger partial charge in [0.2, 0.25) is 0 Å². The molecule has 1 nitrogen and oxygen atoms in total. The van der Waals surface area contributed by atoms with Crippen molar-refractivity contribution in [3.8, 4) is 0 Å². The first-order valence-electron chi connectivity index (χ1n) is 5.88. The second kappa shape index (κ2) is 4.48. The largest absolute Gasteiger partial charge is 0.322 e. The summed E-state index contributed by atoms with van der Waals surface area (Å²) >= 11 is 0. The maximum Gasteiger partial charge on any atom is 0.0310 e. The predicted octanol–water partition coefficient (Wildman–Crippen LogP) is 3.64. The van der Waals surface area contributed by atoms with Crippen LogP contribution in [0, 0.1) is 5.41 Å². The molecule has 14 heavy (non-hydrogen) atoms. The van der Waals surface area contributed by atoms with Crippen LogP contribution < -0.4 is 5.73 Å². The highest BCUT2D eigenvalue weighted by Crippen LogP contribution is 2.31. The molecule has 0 aromatic heterocycles. The van der Waals surface area contributed by atoms with Crippen LogP contribution in [0.4, 0.5) is 0 Å². The second-order valence-corrected chi connectivity index (χ2v) is 5.82. The molecule has 82 valence electrons. The Hall–Kier alpha value is -0.300. The molecule has 0 aromatic rings. The Kier molecular flexibility index (Phi) is 3.77. The molecule has 1 unspecified atom stereocenters. The predicted molar refractivity (Wildman–Crippen MR) is 63.2 cm³/mol. The molecule has 0 heterocycles. The van der Waals surface area contributed by atoms with E-state index in [1.807, 2.05) is 0 Å². The summed E-state index contributed by atoms with van der Waals surface area (Å²) in [6.45, 7) is 6.89. The van der Waals surface area contributed by atoms with E-state index in [0.29, 0.717) is 5.41 Å². The third kappa shape index (κ3) is 4.28. The third-order valence-corrected chi connectivity index (χ3v) is 3.31. The molecule has 2 N–H and O–H groups in total. The third-order valence-electron chi connectivity index (χ3n) is 3.31. The Labute approximate surface area is 88.8 Å². The van der Waals surface area contributed by atoms with Gasteiger partial charge in [0.1, 0.15) is 0 Å². The molecular weight excluding hydrogens is 170 g/mol. The van der Waals surface area contributed by atoms with Crippen molar-refractivity contribution in [2.45, 2.75) is 64.8 Å². The summed E-state index contributed by atoms with van der Waals surface area (Å²) in [5, 5.41) is 0. The van der Waals surface area contributed by atoms with E-state index in [0.717, 1.165) is 6.42 Å². The minimum absolute atomic E-state index is 0.0680. The van der Waals surface area contributed by atoms with Crippen molar-refractivity contribution >= 4 is 0 Å². The number of nitrogens with two attached hydrogens (primary N) is 1. The molecule has 0 amide bonds. The SMILES string of the molecule is CC1(N)/C=C\CCC(C)(C)CCCC1. The molecule has 0 spiro atoms. The first-order chi connectivity index (χ1) is 6.41. The molecule has 0 aromatic carbocycles. The Morgan fingerprint density at radius 2 is 1.64 bits per heavy atom. The van der Waals surface area contributed by atoms with E-state index in [4.69, 9.17) is 5.73 Å². The van der Waals surface area contributed by atoms with Crippen molar-refractivity contribution in [1.29, 1.82) is 0 Å². The van der Waals surface area contributed by atoms with E-state index in [-0.39, 0.29) is 5.54 Å². The lowest BCUT2D eigenvalue weighted by molar-refractivity contribution is 0.289. The van der Waals surface area contributed by atoms with Gasteiger partial charge < -0.3 is 5.73 Å². The summed E-state index contributed by atoms with van der Waals surface area (Å²) < 4.78 is 0. The van der Waals surface area contributed by atoms with Crippen LogP contribution in [0.2, 0.25) is 0 Å². The van der Waals surface area contributed by atoms with Crippen molar-refractivity contribution in [2.75, 3.05) is 0 Å². The summed E-state index contributed by atoms with van der Waals surface area (Å²) in [7, 11) is 0. The smallest absolute Gasteiger partial charge is 0.0310 e. The van der Waals surface area contributed by atoms with Crippen LogP contribution in [0.3, 0.4) is 0 Å². The van der Waals surface area contributed by atoms with E-state index in [1.54, 1.807) is 0 Å². The van der Waals surface area contributed by atoms with Gasteiger partial charge in [-0.25, -0.2) is 0 Å². The number of hydrogen-bond acceptors (Lipinski definition) is 1. The standard InChI is InChI=1S/C13H25N/c1-12(2)8-4-6-10-13(3,14)11-7-5-9-12/h6,10H,4-5,7-9,11,14H2,1-3H3/b10-6-. The molecule has 0 bridgehead atoms. The zero-order valence-electron chi connectivity index (χ0n) is 9.97. The fourth-order valence-electron chi connectivity index (χ4n) is 2.14. The van der Waals surface area contributed by atoms with Crippen molar-refractivity contribution in [3.63, 3.8) is 0 Å². The van der Waals surface area contributed by atoms with Gasteiger partial charge in [0.05, 0.1) is 0 Å². The maximum absolute atomic E-state index is 6.15. The van der Waals surface area contributed by atoms with Crippen LogP contribution in [-0.4, -0.2) is 5.54 Å². The van der Waals surface area contributed by atoms with Crippen molar-refractivity contribution in [1.82, 2.24) is 0 Å². The topological polar surface area (TPSA) is 26.0 Å². The summed E-state index contributed by atoms with van der Waals surface area (Å²) in [4.78, 5) is 0. The average Bonchev–Trinajstić information content (AvgIpc) is 2.07. The van der Waals surface area contributed by atoms with E-state index in [1.165, 1.54) is 32.1 Å². The number of allylic oxidation sites excluding steroid dienone is 1. The molecule has 1 aliphatic carbocycles. The minimum atomic E-state index is -0.0680. The Morgan fingerprint density at radius 3 is 2.36 bits per heavy atom. The van der Waals surface area contributed by atoms with Gasteiger partial charge in [-0.15, -0.1) is 0 Å². The molecule has 0 fully saturated rings. The van der Waals surface area contributed by atoms with Crippen LogP contribution in [0.25, 0.3) is 0 Å². The van der Waals surface area contributed by atoms with Gasteiger partial charge in [-0.1, -0.05) is 38.8 Å². The van der Waals surface area contributed by atoms with E-state index in [2.05, 4.69) is 32.9 Å². The Morgan fingerprint density at radius 1 is 1.00 bits per heavy atom. The van der Waals surface area contributed by atoms with Crippen LogP contribution in [0.15, 0.2) is 12.2 Å². The van der Waals surface area contributed by atoms with Gasteiger partial charge in [-0.2, -0.15) is 0 Å². The second-order valence-electron chi connectivity index (χ2n) is 5.82. The first-order valence-corrected chi connectivity index (χ1v) is 5.88. The summed E-state index contributed by atoms with van der Waals surface area (Å²) in [5.74, 6) is 0. The van der Waals surface area contributed by atoms with E-state index >= 15 is 0 Å². The molecule has 0 radical (unpaired) electrons. The molecule has 0 saturated heterocycles. The highest BCUT2D eigenvalue weighted by molar-refractivity contribution is 5.02. The lowest BCUT2D eigenvalue weighted by atomic mass is 9.80. The zero-order valence-corrected chi connectivity index (χ0v) is 9.97. The number of hydrogen-bond donors (Lipinski definition) is 1. The summed E-state index contributed by atoms with van der Waals surface area (Å²) in [5.41, 5.74) is 6.60. The molecule has 1 rings (SSSR count). The van der Waals surface area contributed by atoms with Crippen LogP contribution in [0.1, 0.15) is 59.3 Å². The fourth-order valence-corrected chi connectivity index (χ4v) is 2.14. The van der Waals surface area contributed by atoms with Gasteiger partial charge in [0, 0.05) is 5.54 Å². The molecule has 1 heteroatoms. The molecule has 1 aliphatic rings. The fraction of sp³-hybridized carbons (Fsp3) is 0.846. The van der Waals surface area contributed by atoms with Crippen molar-refractivity contribution < 1.29 is 0 Å². The van der Waals surface area contributed by atoms with Gasteiger partial charge in [0.25, 0.3) is 0 Å². The van der Waals surface area contributed by atoms with Gasteiger partial charge >= 0.3 is 0 Å². The normalized spacial score (nSPS) is 36.3. The molecule has 0 aliphatic heterocycles. The van der Waals surface area contributed by atoms with E-state index in [9.17, 15) is 0 Å². The lowest BCUT2D eigenvalue weighted by Gasteiger charge is -2.27. The molecule has 0 saturated carbocycles. The first kappa shape index (κ1) is 11.8. The van der Waals surface area contributed by atoms with E-state index < -0.39 is 0 Å². The Balaban J connectivity index is 2.56. The van der Waals surface area contributed by atoms with Gasteiger partial charge in [0.15, 0.2) is 0 Å². The maximum atomic E-state index is 6.15. The lowest BCUT2D eigenvalue weighted by Crippen LogP contribution is -2.33. The zero-order chi connectivity index (χ0) is 10.7. The number of rotatable bonds is 0. The summed E-state index contributed by atoms with van der Waals surface area (Å²) in [6.07, 6.45) is 12.0. The average molecular weight is 195 g/mol. The van der Waals surface area contributed by atoms with Crippen molar-refractivity contribution in [3.05, 3.63) is 12.2 Å². The van der Waals surface area contributed by atoms with Gasteiger partial charge in [-0.3, -0.25) is 0 Å². The highest BCUT2D eigenvalue weighted by atomic mass is 14.7. The monoisotopic (exact) mass is 195 g/mol.